The number of hydrogen-bond acceptors (Lipinski definition) is 0. The predicted molar refractivity (Wildman–Crippen MR) is 71.6 cm³/mol. The summed E-state index contributed by atoms with van der Waals surface area (Å²) in [6, 6.07) is 6.85. The maximum Gasteiger partial charge on any atom is -0.0163 e. The Kier molecular flexibility index (Phi) is 3.48. The maximum absolute atomic E-state index is 2.44. The third-order valence-electron chi connectivity index (χ3n) is 3.37. The van der Waals surface area contributed by atoms with Crippen molar-refractivity contribution in [2.45, 2.75) is 46.5 Å². The van der Waals surface area contributed by atoms with E-state index in [9.17, 15) is 0 Å². The van der Waals surface area contributed by atoms with Gasteiger partial charge in [-0.25, -0.2) is 0 Å². The van der Waals surface area contributed by atoms with Gasteiger partial charge in [0.25, 0.3) is 0 Å². The molecule has 0 radical (unpaired) electrons. The van der Waals surface area contributed by atoms with Crippen molar-refractivity contribution in [3.05, 3.63) is 41.0 Å². The van der Waals surface area contributed by atoms with Crippen LogP contribution in [0.4, 0.5) is 0 Å². The fourth-order valence-electron chi connectivity index (χ4n) is 2.71. The van der Waals surface area contributed by atoms with Crippen LogP contribution in [0.25, 0.3) is 5.57 Å². The van der Waals surface area contributed by atoms with E-state index in [0.29, 0.717) is 0 Å². The van der Waals surface area contributed by atoms with Gasteiger partial charge in [0.1, 0.15) is 0 Å². The Balaban J connectivity index is 2.45. The first kappa shape index (κ1) is 11.4. The van der Waals surface area contributed by atoms with Gasteiger partial charge < -0.3 is 0 Å². The summed E-state index contributed by atoms with van der Waals surface area (Å²) in [5, 5.41) is 0. The molecule has 0 heterocycles. The molecule has 0 fully saturated rings. The molecule has 0 aromatic heterocycles. The van der Waals surface area contributed by atoms with Crippen LogP contribution < -0.4 is 0 Å². The Morgan fingerprint density at radius 3 is 2.75 bits per heavy atom. The summed E-state index contributed by atoms with van der Waals surface area (Å²) < 4.78 is 0. The van der Waals surface area contributed by atoms with Crippen LogP contribution in [0.2, 0.25) is 0 Å². The Morgan fingerprint density at radius 2 is 2.06 bits per heavy atom. The molecule has 0 atom stereocenters. The summed E-state index contributed by atoms with van der Waals surface area (Å²) in [4.78, 5) is 0. The molecule has 0 aliphatic heterocycles. The molecule has 1 aliphatic rings. The second-order valence-electron chi connectivity index (χ2n) is 5.17. The van der Waals surface area contributed by atoms with Crippen molar-refractivity contribution < 1.29 is 0 Å². The van der Waals surface area contributed by atoms with Crippen LogP contribution in [0.15, 0.2) is 24.3 Å². The Bertz CT molecular complexity index is 396. The van der Waals surface area contributed by atoms with Crippen molar-refractivity contribution in [3.63, 3.8) is 0 Å². The molecule has 0 heteroatoms. The van der Waals surface area contributed by atoms with Gasteiger partial charge in [0.05, 0.1) is 0 Å². The van der Waals surface area contributed by atoms with Crippen molar-refractivity contribution in [1.82, 2.24) is 0 Å². The normalized spacial score (nSPS) is 14.9. The first-order valence-electron chi connectivity index (χ1n) is 6.52. The molecule has 0 nitrogen and oxygen atoms in total. The van der Waals surface area contributed by atoms with E-state index in [1.807, 2.05) is 0 Å². The second kappa shape index (κ2) is 4.86. The number of benzene rings is 1. The second-order valence-corrected chi connectivity index (χ2v) is 5.17. The quantitative estimate of drug-likeness (QED) is 0.688. The minimum atomic E-state index is 0.742. The maximum atomic E-state index is 2.44. The van der Waals surface area contributed by atoms with E-state index in [4.69, 9.17) is 0 Å². The van der Waals surface area contributed by atoms with Gasteiger partial charge in [0.15, 0.2) is 0 Å². The molecule has 0 amide bonds. The van der Waals surface area contributed by atoms with Gasteiger partial charge in [0, 0.05) is 0 Å². The third kappa shape index (κ3) is 2.21. The number of hydrogen-bond donors (Lipinski definition) is 0. The highest BCUT2D eigenvalue weighted by Gasteiger charge is 2.15. The van der Waals surface area contributed by atoms with Crippen molar-refractivity contribution in [2.75, 3.05) is 0 Å². The molecule has 0 bridgehead atoms. The lowest BCUT2D eigenvalue weighted by molar-refractivity contribution is 0.645. The molecule has 0 saturated carbocycles. The van der Waals surface area contributed by atoms with Crippen LogP contribution in [0.5, 0.6) is 0 Å². The fourth-order valence-corrected chi connectivity index (χ4v) is 2.71. The van der Waals surface area contributed by atoms with Crippen LogP contribution in [0.3, 0.4) is 0 Å². The van der Waals surface area contributed by atoms with Crippen molar-refractivity contribution in [1.29, 1.82) is 0 Å². The molecule has 0 N–H and O–H groups in total. The smallest absolute Gasteiger partial charge is 0.0163 e. The van der Waals surface area contributed by atoms with Gasteiger partial charge in [-0.05, 0) is 53.9 Å². The predicted octanol–water partition coefficient (Wildman–Crippen LogP) is 4.62. The van der Waals surface area contributed by atoms with E-state index < -0.39 is 0 Å². The summed E-state index contributed by atoms with van der Waals surface area (Å²) in [5.41, 5.74) is 6.26. The van der Waals surface area contributed by atoms with Crippen LogP contribution in [0.1, 0.15) is 50.3 Å². The van der Waals surface area contributed by atoms with Gasteiger partial charge >= 0.3 is 0 Å². The van der Waals surface area contributed by atoms with E-state index in [-0.39, 0.29) is 0 Å². The van der Waals surface area contributed by atoms with Gasteiger partial charge in [-0.3, -0.25) is 0 Å². The molecule has 0 saturated heterocycles. The zero-order valence-electron chi connectivity index (χ0n) is 10.7. The molecule has 0 spiro atoms. The monoisotopic (exact) mass is 214 g/mol. The first-order chi connectivity index (χ1) is 7.72. The molecule has 1 aromatic rings. The summed E-state index contributed by atoms with van der Waals surface area (Å²) in [7, 11) is 0. The number of aryl methyl sites for hydroxylation is 1. The van der Waals surface area contributed by atoms with E-state index in [1.54, 1.807) is 22.3 Å². The Hall–Kier alpha value is -1.04. The minimum absolute atomic E-state index is 0.742. The van der Waals surface area contributed by atoms with Crippen LogP contribution in [-0.4, -0.2) is 0 Å². The largest absolute Gasteiger partial charge is 0.0804 e. The highest BCUT2D eigenvalue weighted by molar-refractivity contribution is 5.72. The van der Waals surface area contributed by atoms with E-state index in [0.717, 1.165) is 5.92 Å². The Morgan fingerprint density at radius 1 is 1.25 bits per heavy atom. The third-order valence-corrected chi connectivity index (χ3v) is 3.37. The topological polar surface area (TPSA) is 0 Å². The highest BCUT2D eigenvalue weighted by Crippen LogP contribution is 2.32. The first-order valence-corrected chi connectivity index (χ1v) is 6.52. The average Bonchev–Trinajstić information content (AvgIpc) is 2.28. The van der Waals surface area contributed by atoms with Crippen molar-refractivity contribution >= 4 is 5.57 Å². The summed E-state index contributed by atoms with van der Waals surface area (Å²) in [6.45, 7) is 6.88. The lowest BCUT2D eigenvalue weighted by Crippen LogP contribution is -2.06. The number of allylic oxidation sites excluding steroid dienone is 2. The lowest BCUT2D eigenvalue weighted by Gasteiger charge is -2.21. The van der Waals surface area contributed by atoms with Crippen molar-refractivity contribution in [3.8, 4) is 0 Å². The molecular weight excluding hydrogens is 192 g/mol. The van der Waals surface area contributed by atoms with Crippen LogP contribution >= 0.6 is 0 Å². The van der Waals surface area contributed by atoms with Gasteiger partial charge in [-0.2, -0.15) is 0 Å². The van der Waals surface area contributed by atoms with Gasteiger partial charge in [0.2, 0.25) is 0 Å². The minimum Gasteiger partial charge on any atom is -0.0804 e. The molecule has 1 aromatic carbocycles. The van der Waals surface area contributed by atoms with Crippen LogP contribution in [-0.2, 0) is 12.8 Å². The summed E-state index contributed by atoms with van der Waals surface area (Å²) in [6.07, 6.45) is 7.26. The van der Waals surface area contributed by atoms with Crippen molar-refractivity contribution in [2.24, 2.45) is 5.92 Å². The molecule has 86 valence electrons. The molecular formula is C16H22. The zero-order chi connectivity index (χ0) is 11.5. The molecule has 1 aliphatic carbocycles. The molecule has 0 unspecified atom stereocenters. The molecule has 16 heavy (non-hydrogen) atoms. The zero-order valence-corrected chi connectivity index (χ0v) is 10.7. The van der Waals surface area contributed by atoms with E-state index in [1.165, 1.54) is 25.7 Å². The lowest BCUT2D eigenvalue weighted by atomic mass is 9.84. The van der Waals surface area contributed by atoms with Crippen LogP contribution in [0, 0.1) is 5.92 Å². The van der Waals surface area contributed by atoms with Gasteiger partial charge in [-0.15, -0.1) is 0 Å². The summed E-state index contributed by atoms with van der Waals surface area (Å²) >= 11 is 0. The molecule has 2 rings (SSSR count). The number of fused-ring (bicyclic) bond motifs is 1. The highest BCUT2D eigenvalue weighted by atomic mass is 14.2. The fraction of sp³-hybridized carbons (Fsp3) is 0.500. The standard InChI is InChI=1S/C16H22/c1-4-13-7-5-8-14-9-6-10-15(16(13)14)11-12(2)3/h6-7,9-10,12H,4-5,8,11H2,1-3H3. The number of rotatable bonds is 3. The van der Waals surface area contributed by atoms with E-state index >= 15 is 0 Å². The van der Waals surface area contributed by atoms with Gasteiger partial charge in [-0.1, -0.05) is 45.0 Å². The average molecular weight is 214 g/mol. The van der Waals surface area contributed by atoms with E-state index in [2.05, 4.69) is 45.0 Å². The SMILES string of the molecule is CCC1=CCCc2cccc(CC(C)C)c21. The Labute approximate surface area is 99.4 Å². The summed E-state index contributed by atoms with van der Waals surface area (Å²) in [5.74, 6) is 0.742.